The number of carbonyl (C=O) groups excluding carboxylic acids is 4. The second kappa shape index (κ2) is 7.01. The Balaban J connectivity index is 1.51. The molecule has 1 aliphatic heterocycles. The zero-order valence-corrected chi connectivity index (χ0v) is 14.6. The highest BCUT2D eigenvalue weighted by Gasteiger charge is 2.52. The number of hydrazine groups is 1. The van der Waals surface area contributed by atoms with Gasteiger partial charge in [0.05, 0.1) is 6.54 Å². The Bertz CT molecular complexity index is 577. The molecule has 8 heteroatoms. The van der Waals surface area contributed by atoms with Gasteiger partial charge in [0.1, 0.15) is 5.54 Å². The van der Waals surface area contributed by atoms with Crippen molar-refractivity contribution in [3.8, 4) is 0 Å². The number of carbonyl (C=O) groups is 4. The third-order valence-corrected chi connectivity index (χ3v) is 5.68. The predicted octanol–water partition coefficient (Wildman–Crippen LogP) is 0.825. The third-order valence-electron chi connectivity index (χ3n) is 5.68. The molecule has 8 nitrogen and oxygen atoms in total. The zero-order chi connectivity index (χ0) is 18.0. The number of nitrogens with one attached hydrogen (secondary N) is 3. The van der Waals surface area contributed by atoms with Crippen molar-refractivity contribution in [3.05, 3.63) is 0 Å². The van der Waals surface area contributed by atoms with Crippen molar-refractivity contribution in [1.29, 1.82) is 0 Å². The van der Waals surface area contributed by atoms with Gasteiger partial charge >= 0.3 is 6.03 Å². The van der Waals surface area contributed by atoms with Gasteiger partial charge in [-0.3, -0.25) is 19.8 Å². The van der Waals surface area contributed by atoms with Crippen LogP contribution < -0.4 is 16.1 Å². The van der Waals surface area contributed by atoms with Crippen LogP contribution in [0.25, 0.3) is 0 Å². The van der Waals surface area contributed by atoms with Crippen molar-refractivity contribution in [1.82, 2.24) is 21.1 Å². The average Bonchev–Trinajstić information content (AvgIpc) is 3.20. The molecular weight excluding hydrogens is 324 g/mol. The molecule has 3 rings (SSSR count). The first-order valence-electron chi connectivity index (χ1n) is 9.15. The number of urea groups is 1. The van der Waals surface area contributed by atoms with E-state index >= 15 is 0 Å². The van der Waals surface area contributed by atoms with Crippen molar-refractivity contribution in [2.75, 3.05) is 6.54 Å². The number of nitrogens with zero attached hydrogens (tertiary/aromatic N) is 1. The van der Waals surface area contributed by atoms with E-state index in [0.717, 1.165) is 43.5 Å². The van der Waals surface area contributed by atoms with Crippen LogP contribution in [0.1, 0.15) is 58.3 Å². The highest BCUT2D eigenvalue weighted by Crippen LogP contribution is 2.35. The van der Waals surface area contributed by atoms with E-state index in [1.54, 1.807) is 0 Å². The molecule has 0 bridgehead atoms. The Morgan fingerprint density at radius 2 is 1.80 bits per heavy atom. The maximum atomic E-state index is 12.6. The van der Waals surface area contributed by atoms with Crippen molar-refractivity contribution in [2.24, 2.45) is 11.8 Å². The van der Waals surface area contributed by atoms with E-state index in [9.17, 15) is 19.2 Å². The number of hydrogen-bond acceptors (Lipinski definition) is 4. The van der Waals surface area contributed by atoms with Crippen LogP contribution in [-0.4, -0.2) is 40.8 Å². The Morgan fingerprint density at radius 1 is 1.16 bits per heavy atom. The van der Waals surface area contributed by atoms with Crippen LogP contribution in [0.5, 0.6) is 0 Å². The maximum absolute atomic E-state index is 12.6. The molecule has 138 valence electrons. The van der Waals surface area contributed by atoms with Gasteiger partial charge in [0.15, 0.2) is 0 Å². The van der Waals surface area contributed by atoms with Gasteiger partial charge in [0, 0.05) is 5.92 Å². The molecule has 2 aliphatic carbocycles. The fourth-order valence-electron chi connectivity index (χ4n) is 3.98. The summed E-state index contributed by atoms with van der Waals surface area (Å²) in [5.41, 5.74) is 1.44. The molecule has 5 amide bonds. The summed E-state index contributed by atoms with van der Waals surface area (Å²) >= 11 is 0. The molecule has 0 aromatic carbocycles. The molecule has 0 radical (unpaired) electrons. The van der Waals surface area contributed by atoms with Crippen LogP contribution in [-0.2, 0) is 14.4 Å². The van der Waals surface area contributed by atoms with Gasteiger partial charge in [-0.15, -0.1) is 0 Å². The summed E-state index contributed by atoms with van der Waals surface area (Å²) < 4.78 is 0. The van der Waals surface area contributed by atoms with Crippen LogP contribution >= 0.6 is 0 Å². The Labute approximate surface area is 147 Å². The number of imide groups is 1. The van der Waals surface area contributed by atoms with E-state index in [1.807, 2.05) is 0 Å². The molecule has 0 aromatic rings. The van der Waals surface area contributed by atoms with E-state index in [0.29, 0.717) is 18.8 Å². The van der Waals surface area contributed by atoms with Gasteiger partial charge in [0.25, 0.3) is 11.8 Å². The van der Waals surface area contributed by atoms with Crippen LogP contribution in [0.3, 0.4) is 0 Å². The first-order valence-corrected chi connectivity index (χ1v) is 9.15. The van der Waals surface area contributed by atoms with E-state index < -0.39 is 23.4 Å². The first kappa shape index (κ1) is 17.7. The predicted molar refractivity (Wildman–Crippen MR) is 88.9 cm³/mol. The minimum Gasteiger partial charge on any atom is -0.347 e. The van der Waals surface area contributed by atoms with Crippen LogP contribution in [0.15, 0.2) is 0 Å². The minimum absolute atomic E-state index is 0.0305. The standard InChI is InChI=1S/C17H26N4O4/c1-11-6-8-17(9-7-11)15(24)21(16(25)19-17)20-13(22)10-18-14(23)12-4-2-3-5-12/h11-12H,2-10H2,1H3,(H,18,23)(H,19,25)(H,20,22). The van der Waals surface area contributed by atoms with Gasteiger partial charge in [-0.2, -0.15) is 5.01 Å². The molecule has 2 saturated carbocycles. The Morgan fingerprint density at radius 3 is 2.44 bits per heavy atom. The maximum Gasteiger partial charge on any atom is 0.344 e. The zero-order valence-electron chi connectivity index (χ0n) is 14.6. The lowest BCUT2D eigenvalue weighted by molar-refractivity contribution is -0.140. The highest BCUT2D eigenvalue weighted by atomic mass is 16.2. The molecule has 1 saturated heterocycles. The molecule has 3 aliphatic rings. The quantitative estimate of drug-likeness (QED) is 0.653. The van der Waals surface area contributed by atoms with Gasteiger partial charge in [-0.25, -0.2) is 4.79 Å². The van der Waals surface area contributed by atoms with Crippen LogP contribution in [0, 0.1) is 11.8 Å². The van der Waals surface area contributed by atoms with Crippen molar-refractivity contribution in [2.45, 2.75) is 63.8 Å². The molecule has 3 N–H and O–H groups in total. The Kier molecular flexibility index (Phi) is 4.96. The lowest BCUT2D eigenvalue weighted by Gasteiger charge is -2.33. The lowest BCUT2D eigenvalue weighted by Crippen LogP contribution is -2.53. The van der Waals surface area contributed by atoms with Crippen LogP contribution in [0.2, 0.25) is 0 Å². The summed E-state index contributed by atoms with van der Waals surface area (Å²) in [6.07, 6.45) is 6.67. The molecule has 0 unspecified atom stereocenters. The largest absolute Gasteiger partial charge is 0.347 e. The normalized spacial score (nSPS) is 29.8. The molecule has 3 fully saturated rings. The second-order valence-electron chi connectivity index (χ2n) is 7.57. The van der Waals surface area contributed by atoms with E-state index in [2.05, 4.69) is 23.0 Å². The summed E-state index contributed by atoms with van der Waals surface area (Å²) in [5.74, 6) is -0.611. The average molecular weight is 350 g/mol. The second-order valence-corrected chi connectivity index (χ2v) is 7.57. The molecule has 25 heavy (non-hydrogen) atoms. The van der Waals surface area contributed by atoms with Crippen molar-refractivity contribution >= 4 is 23.8 Å². The lowest BCUT2D eigenvalue weighted by atomic mass is 9.77. The highest BCUT2D eigenvalue weighted by molar-refractivity contribution is 6.08. The van der Waals surface area contributed by atoms with Crippen LogP contribution in [0.4, 0.5) is 4.79 Å². The first-order chi connectivity index (χ1) is 11.9. The topological polar surface area (TPSA) is 108 Å². The van der Waals surface area contributed by atoms with Gasteiger partial charge < -0.3 is 10.6 Å². The number of amides is 5. The van der Waals surface area contributed by atoms with Gasteiger partial charge in [0.2, 0.25) is 5.91 Å². The van der Waals surface area contributed by atoms with Crippen molar-refractivity contribution < 1.29 is 19.2 Å². The molecule has 0 atom stereocenters. The summed E-state index contributed by atoms with van der Waals surface area (Å²) in [5, 5.41) is 6.09. The van der Waals surface area contributed by atoms with E-state index in [1.165, 1.54) is 0 Å². The summed E-state index contributed by atoms with van der Waals surface area (Å²) in [6.45, 7) is 1.89. The molecule has 0 aromatic heterocycles. The minimum atomic E-state index is -0.885. The molecular formula is C17H26N4O4. The fourth-order valence-corrected chi connectivity index (χ4v) is 3.98. The van der Waals surface area contributed by atoms with Crippen molar-refractivity contribution in [3.63, 3.8) is 0 Å². The molecule has 1 heterocycles. The fraction of sp³-hybridized carbons (Fsp3) is 0.765. The smallest absolute Gasteiger partial charge is 0.344 e. The SMILES string of the molecule is CC1CCC2(CC1)NC(=O)N(NC(=O)CNC(=O)C1CCCC1)C2=O. The van der Waals surface area contributed by atoms with E-state index in [-0.39, 0.29) is 18.4 Å². The summed E-state index contributed by atoms with van der Waals surface area (Å²) in [6, 6.07) is -0.602. The summed E-state index contributed by atoms with van der Waals surface area (Å²) in [7, 11) is 0. The van der Waals surface area contributed by atoms with Gasteiger partial charge in [-0.05, 0) is 44.4 Å². The third kappa shape index (κ3) is 3.62. The monoisotopic (exact) mass is 350 g/mol. The van der Waals surface area contributed by atoms with Gasteiger partial charge in [-0.1, -0.05) is 19.8 Å². The Hall–Kier alpha value is -2.12. The number of rotatable bonds is 4. The number of hydrogen-bond donors (Lipinski definition) is 3. The molecule has 1 spiro atoms. The summed E-state index contributed by atoms with van der Waals surface area (Å²) in [4.78, 5) is 48.7. The van der Waals surface area contributed by atoms with E-state index in [4.69, 9.17) is 0 Å².